The third-order valence-corrected chi connectivity index (χ3v) is 2.13. The Morgan fingerprint density at radius 1 is 1.41 bits per heavy atom. The Bertz CT molecular complexity index is 537. The number of rotatable bonds is 4. The summed E-state index contributed by atoms with van der Waals surface area (Å²) in [4.78, 5) is 16.1. The second-order valence-corrected chi connectivity index (χ2v) is 3.23. The summed E-state index contributed by atoms with van der Waals surface area (Å²) in [6, 6.07) is 3.43. The summed E-state index contributed by atoms with van der Waals surface area (Å²) in [5.74, 6) is 0.334. The standard InChI is InChI=1S/C10H11N5O2/c1-15-12-5-9(14-15)7-3-4-8(11-6-16)10(13-7)17-2/h3-6H,1-2H3,(H,11,16). The zero-order chi connectivity index (χ0) is 12.3. The highest BCUT2D eigenvalue weighted by Crippen LogP contribution is 2.25. The first-order valence-electron chi connectivity index (χ1n) is 4.86. The number of amides is 1. The molecule has 0 atom stereocenters. The third kappa shape index (κ3) is 2.22. The second kappa shape index (κ2) is 4.60. The average molecular weight is 233 g/mol. The van der Waals surface area contributed by atoms with Gasteiger partial charge in [0.15, 0.2) is 0 Å². The van der Waals surface area contributed by atoms with Crippen LogP contribution in [-0.4, -0.2) is 33.5 Å². The van der Waals surface area contributed by atoms with E-state index >= 15 is 0 Å². The average Bonchev–Trinajstić information content (AvgIpc) is 2.77. The normalized spacial score (nSPS) is 10.0. The van der Waals surface area contributed by atoms with Crippen molar-refractivity contribution >= 4 is 12.1 Å². The molecular weight excluding hydrogens is 222 g/mol. The molecule has 0 aliphatic rings. The molecular formula is C10H11N5O2. The number of carbonyl (C=O) groups excluding carboxylic acids is 1. The van der Waals surface area contributed by atoms with Gasteiger partial charge in [0.05, 0.1) is 19.0 Å². The Morgan fingerprint density at radius 2 is 2.24 bits per heavy atom. The van der Waals surface area contributed by atoms with Gasteiger partial charge in [-0.1, -0.05) is 0 Å². The van der Waals surface area contributed by atoms with Gasteiger partial charge < -0.3 is 10.1 Å². The summed E-state index contributed by atoms with van der Waals surface area (Å²) in [7, 11) is 3.21. The van der Waals surface area contributed by atoms with Crippen LogP contribution in [0, 0.1) is 0 Å². The van der Waals surface area contributed by atoms with E-state index in [1.165, 1.54) is 11.9 Å². The largest absolute Gasteiger partial charge is 0.479 e. The van der Waals surface area contributed by atoms with E-state index in [1.807, 2.05) is 0 Å². The van der Waals surface area contributed by atoms with Crippen LogP contribution in [0.3, 0.4) is 0 Å². The van der Waals surface area contributed by atoms with E-state index < -0.39 is 0 Å². The van der Waals surface area contributed by atoms with Crippen LogP contribution in [-0.2, 0) is 11.8 Å². The number of anilines is 1. The Kier molecular flexibility index (Phi) is 2.99. The van der Waals surface area contributed by atoms with E-state index in [-0.39, 0.29) is 0 Å². The molecule has 7 heteroatoms. The summed E-state index contributed by atoms with van der Waals surface area (Å²) in [6.07, 6.45) is 2.18. The number of nitrogens with zero attached hydrogens (tertiary/aromatic N) is 4. The van der Waals surface area contributed by atoms with Crippen LogP contribution >= 0.6 is 0 Å². The van der Waals surface area contributed by atoms with Gasteiger partial charge in [0.25, 0.3) is 0 Å². The zero-order valence-corrected chi connectivity index (χ0v) is 9.41. The van der Waals surface area contributed by atoms with E-state index in [2.05, 4.69) is 20.5 Å². The molecule has 0 aliphatic carbocycles. The van der Waals surface area contributed by atoms with Gasteiger partial charge in [-0.15, -0.1) is 0 Å². The summed E-state index contributed by atoms with van der Waals surface area (Å²) < 4.78 is 5.08. The number of nitrogens with one attached hydrogen (secondary N) is 1. The lowest BCUT2D eigenvalue weighted by Gasteiger charge is -2.06. The number of carbonyl (C=O) groups is 1. The number of ether oxygens (including phenoxy) is 1. The van der Waals surface area contributed by atoms with Crippen molar-refractivity contribution in [3.05, 3.63) is 18.3 Å². The van der Waals surface area contributed by atoms with Gasteiger partial charge in [-0.05, 0) is 12.1 Å². The highest BCUT2D eigenvalue weighted by atomic mass is 16.5. The summed E-state index contributed by atoms with van der Waals surface area (Å²) in [6.45, 7) is 0. The first kappa shape index (κ1) is 11.1. The van der Waals surface area contributed by atoms with Crippen LogP contribution in [0.5, 0.6) is 5.88 Å². The van der Waals surface area contributed by atoms with Gasteiger partial charge in [-0.3, -0.25) is 4.79 Å². The molecule has 7 nitrogen and oxygen atoms in total. The molecule has 88 valence electrons. The highest BCUT2D eigenvalue weighted by molar-refractivity contribution is 5.75. The molecule has 0 aliphatic heterocycles. The van der Waals surface area contributed by atoms with E-state index in [0.29, 0.717) is 29.4 Å². The first-order chi connectivity index (χ1) is 8.24. The van der Waals surface area contributed by atoms with E-state index in [1.54, 1.807) is 25.4 Å². The lowest BCUT2D eigenvalue weighted by atomic mass is 10.2. The molecule has 0 spiro atoms. The van der Waals surface area contributed by atoms with Crippen LogP contribution in [0.15, 0.2) is 18.3 Å². The predicted octanol–water partition coefficient (Wildman–Crippen LogP) is 0.454. The summed E-state index contributed by atoms with van der Waals surface area (Å²) >= 11 is 0. The van der Waals surface area contributed by atoms with Crippen LogP contribution in [0.2, 0.25) is 0 Å². The summed E-state index contributed by atoms with van der Waals surface area (Å²) in [5.41, 5.74) is 1.78. The minimum atomic E-state index is 0.334. The minimum Gasteiger partial charge on any atom is -0.479 e. The van der Waals surface area contributed by atoms with Gasteiger partial charge in [-0.2, -0.15) is 15.0 Å². The molecule has 17 heavy (non-hydrogen) atoms. The molecule has 0 radical (unpaired) electrons. The molecule has 0 bridgehead atoms. The fourth-order valence-corrected chi connectivity index (χ4v) is 1.38. The zero-order valence-electron chi connectivity index (χ0n) is 9.41. The van der Waals surface area contributed by atoms with Crippen LogP contribution in [0.1, 0.15) is 0 Å². The smallest absolute Gasteiger partial charge is 0.238 e. The van der Waals surface area contributed by atoms with Crippen molar-refractivity contribution in [1.29, 1.82) is 0 Å². The minimum absolute atomic E-state index is 0.334. The lowest BCUT2D eigenvalue weighted by Crippen LogP contribution is -2.00. The number of pyridine rings is 1. The van der Waals surface area contributed by atoms with Crippen molar-refractivity contribution in [3.63, 3.8) is 0 Å². The van der Waals surface area contributed by atoms with E-state index in [4.69, 9.17) is 4.74 Å². The Hall–Kier alpha value is -2.44. The second-order valence-electron chi connectivity index (χ2n) is 3.23. The van der Waals surface area contributed by atoms with Gasteiger partial charge in [0, 0.05) is 7.05 Å². The molecule has 0 saturated heterocycles. The molecule has 2 rings (SSSR count). The van der Waals surface area contributed by atoms with Crippen molar-refractivity contribution in [3.8, 4) is 17.3 Å². The topological polar surface area (TPSA) is 81.9 Å². The van der Waals surface area contributed by atoms with Gasteiger partial charge >= 0.3 is 0 Å². The van der Waals surface area contributed by atoms with Crippen molar-refractivity contribution in [2.45, 2.75) is 0 Å². The van der Waals surface area contributed by atoms with E-state index in [0.717, 1.165) is 0 Å². The fraction of sp³-hybridized carbons (Fsp3) is 0.200. The van der Waals surface area contributed by atoms with Crippen LogP contribution in [0.25, 0.3) is 11.4 Å². The number of aryl methyl sites for hydroxylation is 1. The molecule has 0 aromatic carbocycles. The van der Waals surface area contributed by atoms with Crippen LogP contribution < -0.4 is 10.1 Å². The number of aromatic nitrogens is 4. The molecule has 1 amide bonds. The molecule has 0 saturated carbocycles. The van der Waals surface area contributed by atoms with Gasteiger partial charge in [0.1, 0.15) is 11.4 Å². The highest BCUT2D eigenvalue weighted by Gasteiger charge is 2.09. The molecule has 0 fully saturated rings. The van der Waals surface area contributed by atoms with Crippen molar-refractivity contribution in [2.75, 3.05) is 12.4 Å². The Balaban J connectivity index is 2.40. The first-order valence-corrected chi connectivity index (χ1v) is 4.86. The molecule has 2 aromatic heterocycles. The van der Waals surface area contributed by atoms with Crippen LogP contribution in [0.4, 0.5) is 5.69 Å². The fourth-order valence-electron chi connectivity index (χ4n) is 1.38. The van der Waals surface area contributed by atoms with Gasteiger partial charge in [-0.25, -0.2) is 4.98 Å². The number of hydrogen-bond acceptors (Lipinski definition) is 5. The predicted molar refractivity (Wildman–Crippen MR) is 60.5 cm³/mol. The summed E-state index contributed by atoms with van der Waals surface area (Å²) in [5, 5.41) is 10.6. The van der Waals surface area contributed by atoms with Crippen molar-refractivity contribution in [2.24, 2.45) is 7.05 Å². The maximum atomic E-state index is 10.4. The number of hydrogen-bond donors (Lipinski definition) is 1. The third-order valence-electron chi connectivity index (χ3n) is 2.13. The molecule has 2 heterocycles. The molecule has 2 aromatic rings. The van der Waals surface area contributed by atoms with Crippen molar-refractivity contribution in [1.82, 2.24) is 20.0 Å². The van der Waals surface area contributed by atoms with Crippen molar-refractivity contribution < 1.29 is 9.53 Å². The molecule has 0 unspecified atom stereocenters. The number of methoxy groups -OCH3 is 1. The van der Waals surface area contributed by atoms with E-state index in [9.17, 15) is 4.79 Å². The Morgan fingerprint density at radius 3 is 2.82 bits per heavy atom. The lowest BCUT2D eigenvalue weighted by molar-refractivity contribution is -0.105. The SMILES string of the molecule is COc1nc(-c2cnn(C)n2)ccc1NC=O. The maximum Gasteiger partial charge on any atom is 0.238 e. The molecule has 1 N–H and O–H groups in total. The Labute approximate surface area is 97.4 Å². The monoisotopic (exact) mass is 233 g/mol. The van der Waals surface area contributed by atoms with Gasteiger partial charge in [0.2, 0.25) is 12.3 Å². The quantitative estimate of drug-likeness (QED) is 0.775. The maximum absolute atomic E-state index is 10.4.